The molecule has 2 N–H and O–H groups in total. The van der Waals surface area contributed by atoms with Crippen LogP contribution in [0.5, 0.6) is 5.75 Å². The molecule has 0 aliphatic carbocycles. The molecule has 2 aromatic rings. The highest BCUT2D eigenvalue weighted by Gasteiger charge is 1.96. The largest absolute Gasteiger partial charge is 0.497 e. The molecule has 0 bridgehead atoms. The van der Waals surface area contributed by atoms with Gasteiger partial charge in [-0.15, -0.1) is 0 Å². The second-order valence-corrected chi connectivity index (χ2v) is 5.04. The van der Waals surface area contributed by atoms with E-state index in [-0.39, 0.29) is 0 Å². The van der Waals surface area contributed by atoms with Crippen molar-refractivity contribution in [1.82, 2.24) is 5.43 Å². The van der Waals surface area contributed by atoms with Crippen LogP contribution in [0.25, 0.3) is 0 Å². The van der Waals surface area contributed by atoms with Gasteiger partial charge >= 0.3 is 0 Å². The Hall–Kier alpha value is -2.40. The van der Waals surface area contributed by atoms with Crippen LogP contribution in [-0.4, -0.2) is 18.4 Å². The number of nitrogens with zero attached hydrogens (tertiary/aromatic N) is 1. The van der Waals surface area contributed by atoms with E-state index in [9.17, 15) is 0 Å². The number of hydrogen-bond acceptors (Lipinski definition) is 3. The molecule has 0 aromatic heterocycles. The smallest absolute Gasteiger partial charge is 0.191 e. The summed E-state index contributed by atoms with van der Waals surface area (Å²) in [4.78, 5) is 0. The molecule has 0 saturated carbocycles. The highest BCUT2D eigenvalue weighted by molar-refractivity contribution is 7.80. The quantitative estimate of drug-likeness (QED) is 0.486. The zero-order valence-electron chi connectivity index (χ0n) is 12.5. The molecule has 0 aliphatic rings. The first kappa shape index (κ1) is 16.0. The normalized spacial score (nSPS) is 10.4. The highest BCUT2D eigenvalue weighted by atomic mass is 32.1. The second-order valence-electron chi connectivity index (χ2n) is 4.63. The summed E-state index contributed by atoms with van der Waals surface area (Å²) < 4.78 is 5.10. The first-order valence-electron chi connectivity index (χ1n) is 7.04. The Labute approximate surface area is 136 Å². The molecule has 2 aromatic carbocycles. The van der Waals surface area contributed by atoms with Crippen LogP contribution < -0.4 is 15.5 Å². The van der Waals surface area contributed by atoms with E-state index in [0.29, 0.717) is 5.11 Å². The number of anilines is 1. The van der Waals surface area contributed by atoms with Gasteiger partial charge in [-0.1, -0.05) is 30.3 Å². The van der Waals surface area contributed by atoms with Gasteiger partial charge in [0.2, 0.25) is 0 Å². The summed E-state index contributed by atoms with van der Waals surface area (Å²) in [6.07, 6.45) is 3.65. The van der Waals surface area contributed by atoms with Gasteiger partial charge in [0.05, 0.1) is 7.11 Å². The van der Waals surface area contributed by atoms with Gasteiger partial charge in [0.25, 0.3) is 0 Å². The highest BCUT2D eigenvalue weighted by Crippen LogP contribution is 2.14. The number of ether oxygens (including phenoxy) is 1. The third-order valence-corrected chi connectivity index (χ3v) is 3.20. The lowest BCUT2D eigenvalue weighted by atomic mass is 10.1. The molecular weight excluding hydrogens is 294 g/mol. The summed E-state index contributed by atoms with van der Waals surface area (Å²) >= 11 is 5.17. The van der Waals surface area contributed by atoms with Crippen LogP contribution in [0, 0.1) is 0 Å². The van der Waals surface area contributed by atoms with Crippen LogP contribution in [0.1, 0.15) is 12.0 Å². The number of aryl methyl sites for hydroxylation is 1. The van der Waals surface area contributed by atoms with E-state index in [0.717, 1.165) is 24.3 Å². The minimum absolute atomic E-state index is 0.459. The minimum atomic E-state index is 0.459. The fraction of sp³-hybridized carbons (Fsp3) is 0.176. The predicted molar refractivity (Wildman–Crippen MR) is 95.6 cm³/mol. The van der Waals surface area contributed by atoms with E-state index < -0.39 is 0 Å². The fourth-order valence-corrected chi connectivity index (χ4v) is 2.05. The van der Waals surface area contributed by atoms with Crippen molar-refractivity contribution in [3.8, 4) is 5.75 Å². The number of hydrogen-bond donors (Lipinski definition) is 2. The molecule has 114 valence electrons. The minimum Gasteiger partial charge on any atom is -0.497 e. The lowest BCUT2D eigenvalue weighted by Gasteiger charge is -2.07. The van der Waals surface area contributed by atoms with Crippen molar-refractivity contribution in [2.75, 3.05) is 12.4 Å². The number of thiocarbonyl (C=S) groups is 1. The van der Waals surface area contributed by atoms with Crippen LogP contribution in [0.15, 0.2) is 59.7 Å². The Morgan fingerprint density at radius 3 is 2.55 bits per heavy atom. The van der Waals surface area contributed by atoms with Crippen molar-refractivity contribution in [3.63, 3.8) is 0 Å². The van der Waals surface area contributed by atoms with Crippen molar-refractivity contribution in [1.29, 1.82) is 0 Å². The third-order valence-electron chi connectivity index (χ3n) is 3.01. The first-order chi connectivity index (χ1) is 10.8. The van der Waals surface area contributed by atoms with Crippen molar-refractivity contribution in [3.05, 3.63) is 60.2 Å². The zero-order valence-corrected chi connectivity index (χ0v) is 13.3. The maximum Gasteiger partial charge on any atom is 0.191 e. The summed E-state index contributed by atoms with van der Waals surface area (Å²) in [6, 6.07) is 17.8. The van der Waals surface area contributed by atoms with Crippen LogP contribution in [0.4, 0.5) is 5.69 Å². The zero-order chi connectivity index (χ0) is 15.6. The summed E-state index contributed by atoms with van der Waals surface area (Å²) in [5, 5.41) is 7.63. The molecule has 4 nitrogen and oxygen atoms in total. The first-order valence-corrected chi connectivity index (χ1v) is 7.45. The maximum atomic E-state index is 5.17. The molecular formula is C17H19N3OS. The summed E-state index contributed by atoms with van der Waals surface area (Å²) in [7, 11) is 1.64. The van der Waals surface area contributed by atoms with Crippen LogP contribution >= 0.6 is 12.2 Å². The van der Waals surface area contributed by atoms with E-state index >= 15 is 0 Å². The topological polar surface area (TPSA) is 45.6 Å². The molecule has 2 rings (SSSR count). The van der Waals surface area contributed by atoms with Gasteiger partial charge in [0.1, 0.15) is 5.75 Å². The Bertz CT molecular complexity index is 612. The molecule has 0 heterocycles. The Morgan fingerprint density at radius 2 is 1.86 bits per heavy atom. The van der Waals surface area contributed by atoms with Gasteiger partial charge in [-0.2, -0.15) is 5.10 Å². The monoisotopic (exact) mass is 313 g/mol. The molecule has 0 aliphatic heterocycles. The lowest BCUT2D eigenvalue weighted by Crippen LogP contribution is -2.23. The van der Waals surface area contributed by atoms with E-state index in [2.05, 4.69) is 28.0 Å². The summed E-state index contributed by atoms with van der Waals surface area (Å²) in [5.41, 5.74) is 4.99. The van der Waals surface area contributed by atoms with Gasteiger partial charge < -0.3 is 10.1 Å². The molecule has 0 fully saturated rings. The molecule has 22 heavy (non-hydrogen) atoms. The molecule has 0 saturated heterocycles. The average molecular weight is 313 g/mol. The number of rotatable bonds is 6. The van der Waals surface area contributed by atoms with Crippen molar-refractivity contribution in [2.45, 2.75) is 12.8 Å². The molecule has 5 heteroatoms. The molecule has 0 unspecified atom stereocenters. The number of methoxy groups -OCH3 is 1. The Morgan fingerprint density at radius 1 is 1.14 bits per heavy atom. The maximum absolute atomic E-state index is 5.17. The SMILES string of the molecule is COc1ccc(NC(=S)N/N=C\CCc2ccccc2)cc1. The van der Waals surface area contributed by atoms with Crippen molar-refractivity contribution in [2.24, 2.45) is 5.10 Å². The molecule has 0 atom stereocenters. The molecule has 0 spiro atoms. The lowest BCUT2D eigenvalue weighted by molar-refractivity contribution is 0.415. The average Bonchev–Trinajstić information content (AvgIpc) is 2.56. The van der Waals surface area contributed by atoms with E-state index in [1.165, 1.54) is 5.56 Å². The molecule has 0 amide bonds. The standard InChI is InChI=1S/C17H19N3OS/c1-21-16-11-9-15(10-12-16)19-17(22)20-18-13-5-8-14-6-3-2-4-7-14/h2-4,6-7,9-13H,5,8H2,1H3,(H2,19,20,22)/b18-13-. The van der Waals surface area contributed by atoms with Gasteiger partial charge in [-0.25, -0.2) is 0 Å². The van der Waals surface area contributed by atoms with E-state index in [1.54, 1.807) is 7.11 Å². The van der Waals surface area contributed by atoms with Crippen LogP contribution in [0.3, 0.4) is 0 Å². The van der Waals surface area contributed by atoms with Gasteiger partial charge in [-0.3, -0.25) is 5.43 Å². The Balaban J connectivity index is 1.69. The van der Waals surface area contributed by atoms with E-state index in [1.807, 2.05) is 48.7 Å². The fourth-order valence-electron chi connectivity index (χ4n) is 1.88. The molecule has 0 radical (unpaired) electrons. The number of hydrazone groups is 1. The second kappa shape index (κ2) is 8.79. The number of benzene rings is 2. The predicted octanol–water partition coefficient (Wildman–Crippen LogP) is 3.60. The van der Waals surface area contributed by atoms with Crippen LogP contribution in [-0.2, 0) is 6.42 Å². The Kier molecular flexibility index (Phi) is 6.39. The summed E-state index contributed by atoms with van der Waals surface area (Å²) in [6.45, 7) is 0. The van der Waals surface area contributed by atoms with Crippen molar-refractivity contribution >= 4 is 29.2 Å². The van der Waals surface area contributed by atoms with Crippen LogP contribution in [0.2, 0.25) is 0 Å². The number of nitrogens with one attached hydrogen (secondary N) is 2. The van der Waals surface area contributed by atoms with E-state index in [4.69, 9.17) is 17.0 Å². The summed E-state index contributed by atoms with van der Waals surface area (Å²) in [5.74, 6) is 0.809. The van der Waals surface area contributed by atoms with Crippen molar-refractivity contribution < 1.29 is 4.74 Å². The van der Waals surface area contributed by atoms with Gasteiger partial charge in [0.15, 0.2) is 5.11 Å². The third kappa shape index (κ3) is 5.54. The van der Waals surface area contributed by atoms with Gasteiger partial charge in [0, 0.05) is 11.9 Å². The van der Waals surface area contributed by atoms with Gasteiger partial charge in [-0.05, 0) is 54.9 Å².